The number of carbonyl (C=O) groups is 2. The summed E-state index contributed by atoms with van der Waals surface area (Å²) < 4.78 is 0. The van der Waals surface area contributed by atoms with Crippen LogP contribution in [0.15, 0.2) is 30.3 Å². The van der Waals surface area contributed by atoms with Gasteiger partial charge in [-0.1, -0.05) is 30.3 Å². The summed E-state index contributed by atoms with van der Waals surface area (Å²) in [4.78, 5) is 25.6. The Morgan fingerprint density at radius 1 is 1.29 bits per heavy atom. The van der Waals surface area contributed by atoms with E-state index in [2.05, 4.69) is 34.5 Å². The zero-order valence-corrected chi connectivity index (χ0v) is 14.9. The number of thioether (sulfide) groups is 1. The van der Waals surface area contributed by atoms with Crippen molar-refractivity contribution in [3.63, 3.8) is 0 Å². The van der Waals surface area contributed by atoms with Crippen LogP contribution in [0.5, 0.6) is 0 Å². The van der Waals surface area contributed by atoms with Crippen LogP contribution in [0.3, 0.4) is 0 Å². The van der Waals surface area contributed by atoms with Gasteiger partial charge in [-0.15, -0.1) is 0 Å². The minimum absolute atomic E-state index is 0.141. The molecule has 0 aromatic heterocycles. The number of likely N-dealkylation sites (tertiary alicyclic amines) is 1. The lowest BCUT2D eigenvalue weighted by molar-refractivity contribution is -0.141. The second kappa shape index (κ2) is 9.69. The number of nitrogens with one attached hydrogen (secondary N) is 1. The number of hydrogen-bond donors (Lipinski definition) is 2. The Hall–Kier alpha value is -1.53. The first kappa shape index (κ1) is 18.8. The molecule has 0 aliphatic carbocycles. The first-order valence-electron chi connectivity index (χ1n) is 8.36. The summed E-state index contributed by atoms with van der Waals surface area (Å²) >= 11 is 1.43. The fourth-order valence-electron chi connectivity index (χ4n) is 3.05. The summed E-state index contributed by atoms with van der Waals surface area (Å²) in [5.41, 5.74) is 1.31. The number of piperidine rings is 1. The van der Waals surface area contributed by atoms with E-state index in [1.165, 1.54) is 17.3 Å². The highest BCUT2D eigenvalue weighted by atomic mass is 32.2. The Morgan fingerprint density at radius 3 is 2.54 bits per heavy atom. The van der Waals surface area contributed by atoms with Crippen molar-refractivity contribution in [2.45, 2.75) is 31.8 Å². The molecule has 2 rings (SSSR count). The van der Waals surface area contributed by atoms with Gasteiger partial charge in [0.15, 0.2) is 0 Å². The third-order valence-electron chi connectivity index (χ3n) is 4.40. The second-order valence-electron chi connectivity index (χ2n) is 6.32. The molecule has 0 saturated carbocycles. The van der Waals surface area contributed by atoms with Gasteiger partial charge in [0.25, 0.3) is 0 Å². The summed E-state index contributed by atoms with van der Waals surface area (Å²) in [6, 6.07) is 9.62. The van der Waals surface area contributed by atoms with Crippen molar-refractivity contribution in [1.82, 2.24) is 10.2 Å². The summed E-state index contributed by atoms with van der Waals surface area (Å²) in [6.07, 6.45) is 4.24. The molecule has 6 heteroatoms. The molecule has 0 unspecified atom stereocenters. The zero-order valence-electron chi connectivity index (χ0n) is 14.1. The molecule has 1 atom stereocenters. The van der Waals surface area contributed by atoms with Crippen molar-refractivity contribution in [2.24, 2.45) is 5.92 Å². The maximum Gasteiger partial charge on any atom is 0.327 e. The van der Waals surface area contributed by atoms with E-state index in [1.54, 1.807) is 0 Å². The van der Waals surface area contributed by atoms with Crippen LogP contribution in [-0.2, 0) is 16.1 Å². The number of amides is 1. The molecule has 24 heavy (non-hydrogen) atoms. The number of benzene rings is 1. The number of carbonyl (C=O) groups excluding carboxylic acids is 1. The maximum absolute atomic E-state index is 12.1. The maximum atomic E-state index is 12.1. The molecule has 1 aromatic rings. The van der Waals surface area contributed by atoms with Crippen molar-refractivity contribution < 1.29 is 14.7 Å². The average Bonchev–Trinajstić information content (AvgIpc) is 2.57. The van der Waals surface area contributed by atoms with Gasteiger partial charge in [0, 0.05) is 18.7 Å². The van der Waals surface area contributed by atoms with E-state index in [0.717, 1.165) is 32.5 Å². The summed E-state index contributed by atoms with van der Waals surface area (Å²) in [6.45, 7) is 2.93. The monoisotopic (exact) mass is 350 g/mol. The van der Waals surface area contributed by atoms with Crippen LogP contribution < -0.4 is 5.32 Å². The molecule has 1 aliphatic heterocycles. The van der Waals surface area contributed by atoms with Crippen LogP contribution in [0.1, 0.15) is 24.8 Å². The number of carboxylic acid groups (broad SMARTS) is 1. The SMILES string of the molecule is CSC[C@H](NC(=O)CC1CCN(Cc2ccccc2)CC1)C(=O)O. The van der Waals surface area contributed by atoms with E-state index < -0.39 is 12.0 Å². The third-order valence-corrected chi connectivity index (χ3v) is 5.06. The number of carboxylic acids is 1. The Morgan fingerprint density at radius 2 is 1.96 bits per heavy atom. The van der Waals surface area contributed by atoms with Crippen LogP contribution in [0.2, 0.25) is 0 Å². The molecule has 5 nitrogen and oxygen atoms in total. The van der Waals surface area contributed by atoms with Crippen molar-refractivity contribution >= 4 is 23.6 Å². The highest BCUT2D eigenvalue weighted by Crippen LogP contribution is 2.22. The summed E-state index contributed by atoms with van der Waals surface area (Å²) in [7, 11) is 0. The molecule has 0 radical (unpaired) electrons. The summed E-state index contributed by atoms with van der Waals surface area (Å²) in [5.74, 6) is -0.356. The van der Waals surface area contributed by atoms with Crippen molar-refractivity contribution in [1.29, 1.82) is 0 Å². The summed E-state index contributed by atoms with van der Waals surface area (Å²) in [5, 5.41) is 11.7. The lowest BCUT2D eigenvalue weighted by Gasteiger charge is -2.31. The molecule has 0 spiro atoms. The van der Waals surface area contributed by atoms with Gasteiger partial charge in [-0.05, 0) is 43.7 Å². The van der Waals surface area contributed by atoms with Crippen molar-refractivity contribution in [3.05, 3.63) is 35.9 Å². The Bertz CT molecular complexity index is 530. The standard InChI is InChI=1S/C18H26N2O3S/c1-24-13-16(18(22)23)19-17(21)11-14-7-9-20(10-8-14)12-15-5-3-2-4-6-15/h2-6,14,16H,7-13H2,1H3,(H,19,21)(H,22,23)/t16-/m0/s1. The van der Waals surface area contributed by atoms with Gasteiger partial charge in [0.2, 0.25) is 5.91 Å². The largest absolute Gasteiger partial charge is 0.480 e. The Balaban J connectivity index is 1.72. The minimum Gasteiger partial charge on any atom is -0.480 e. The zero-order chi connectivity index (χ0) is 17.4. The highest BCUT2D eigenvalue weighted by molar-refractivity contribution is 7.98. The molecule has 1 saturated heterocycles. The number of hydrogen-bond acceptors (Lipinski definition) is 4. The highest BCUT2D eigenvalue weighted by Gasteiger charge is 2.24. The topological polar surface area (TPSA) is 69.6 Å². The molecule has 1 aromatic carbocycles. The molecule has 2 N–H and O–H groups in total. The van der Waals surface area contributed by atoms with Crippen molar-refractivity contribution in [3.8, 4) is 0 Å². The lowest BCUT2D eigenvalue weighted by atomic mass is 9.93. The van der Waals surface area contributed by atoms with Crippen LogP contribution >= 0.6 is 11.8 Å². The van der Waals surface area contributed by atoms with E-state index in [1.807, 2.05) is 12.3 Å². The quantitative estimate of drug-likeness (QED) is 0.752. The molecule has 0 bridgehead atoms. The predicted molar refractivity (Wildman–Crippen MR) is 97.0 cm³/mol. The number of aliphatic carboxylic acids is 1. The molecular weight excluding hydrogens is 324 g/mol. The molecule has 1 amide bonds. The van der Waals surface area contributed by atoms with Crippen LogP contribution in [0.4, 0.5) is 0 Å². The van der Waals surface area contributed by atoms with E-state index in [-0.39, 0.29) is 5.91 Å². The third kappa shape index (κ3) is 6.17. The van der Waals surface area contributed by atoms with Gasteiger partial charge in [-0.2, -0.15) is 11.8 Å². The van der Waals surface area contributed by atoms with Gasteiger partial charge in [-0.25, -0.2) is 4.79 Å². The minimum atomic E-state index is -0.963. The van der Waals surface area contributed by atoms with Gasteiger partial charge in [0.05, 0.1) is 0 Å². The fourth-order valence-corrected chi connectivity index (χ4v) is 3.61. The van der Waals surface area contributed by atoms with E-state index in [4.69, 9.17) is 5.11 Å². The van der Waals surface area contributed by atoms with Crippen LogP contribution in [-0.4, -0.2) is 53.0 Å². The molecule has 1 heterocycles. The number of rotatable bonds is 8. The molecule has 1 aliphatic rings. The average molecular weight is 350 g/mol. The normalized spacial score (nSPS) is 17.4. The van der Waals surface area contributed by atoms with E-state index in [9.17, 15) is 9.59 Å². The first-order chi connectivity index (χ1) is 11.6. The van der Waals surface area contributed by atoms with Crippen LogP contribution in [0.25, 0.3) is 0 Å². The molecule has 1 fully saturated rings. The molecular formula is C18H26N2O3S. The lowest BCUT2D eigenvalue weighted by Crippen LogP contribution is -2.43. The van der Waals surface area contributed by atoms with Crippen LogP contribution in [0, 0.1) is 5.92 Å². The van der Waals surface area contributed by atoms with Crippen molar-refractivity contribution in [2.75, 3.05) is 25.1 Å². The van der Waals surface area contributed by atoms with Gasteiger partial charge < -0.3 is 10.4 Å². The number of nitrogens with zero attached hydrogens (tertiary/aromatic N) is 1. The van der Waals surface area contributed by atoms with Gasteiger partial charge >= 0.3 is 5.97 Å². The fraction of sp³-hybridized carbons (Fsp3) is 0.556. The predicted octanol–water partition coefficient (Wildman–Crippen LogP) is 2.22. The van der Waals surface area contributed by atoms with E-state index in [0.29, 0.717) is 18.1 Å². The second-order valence-corrected chi connectivity index (χ2v) is 7.23. The van der Waals surface area contributed by atoms with Gasteiger partial charge in [0.1, 0.15) is 6.04 Å². The molecule has 132 valence electrons. The smallest absolute Gasteiger partial charge is 0.327 e. The van der Waals surface area contributed by atoms with Gasteiger partial charge in [-0.3, -0.25) is 9.69 Å². The Kier molecular flexibility index (Phi) is 7.59. The Labute approximate surface area is 147 Å². The van der Waals surface area contributed by atoms with E-state index >= 15 is 0 Å². The first-order valence-corrected chi connectivity index (χ1v) is 9.75.